The molecule has 0 saturated carbocycles. The second-order valence-corrected chi connectivity index (χ2v) is 8.27. The molecule has 0 aromatic heterocycles. The van der Waals surface area contributed by atoms with Gasteiger partial charge in [-0.2, -0.15) is 0 Å². The van der Waals surface area contributed by atoms with Gasteiger partial charge in [-0.3, -0.25) is 14.5 Å². The number of hydrogen-bond acceptors (Lipinski definition) is 4. The van der Waals surface area contributed by atoms with E-state index in [0.29, 0.717) is 25.3 Å². The van der Waals surface area contributed by atoms with Crippen LogP contribution in [-0.4, -0.2) is 60.1 Å². The fraction of sp³-hybridized carbons (Fsp3) is 0.636. The van der Waals surface area contributed by atoms with Gasteiger partial charge in [-0.25, -0.2) is 0 Å². The van der Waals surface area contributed by atoms with Crippen LogP contribution in [-0.2, 0) is 9.59 Å². The maximum atomic E-state index is 13.3. The quantitative estimate of drug-likeness (QED) is 0.736. The van der Waals surface area contributed by atoms with E-state index in [-0.39, 0.29) is 11.9 Å². The number of aliphatic carboxylic acids is 1. The number of benzene rings is 1. The second kappa shape index (κ2) is 8.95. The molecule has 2 rings (SSSR count). The van der Waals surface area contributed by atoms with E-state index in [2.05, 4.69) is 13.8 Å². The van der Waals surface area contributed by atoms with E-state index in [1.54, 1.807) is 12.0 Å². The average molecular weight is 391 g/mol. The molecule has 0 aliphatic carbocycles. The molecule has 1 aromatic rings. The van der Waals surface area contributed by atoms with Gasteiger partial charge >= 0.3 is 5.97 Å². The summed E-state index contributed by atoms with van der Waals surface area (Å²) in [7, 11) is 5.26. The van der Waals surface area contributed by atoms with Gasteiger partial charge in [0, 0.05) is 19.6 Å². The maximum Gasteiger partial charge on any atom is 0.324 e. The Morgan fingerprint density at radius 1 is 1.32 bits per heavy atom. The monoisotopic (exact) mass is 390 g/mol. The second-order valence-electron chi connectivity index (χ2n) is 8.27. The SMILES string of the molecule is CC[C@]1(C(=O)O)C[C@@H](C(=O)N(C)CCC(C)C)[C@@H](c2ccc(OC)cc2)N1C. The summed E-state index contributed by atoms with van der Waals surface area (Å²) in [5.41, 5.74) is -0.0976. The summed E-state index contributed by atoms with van der Waals surface area (Å²) in [5.74, 6) is 0.00148. The summed E-state index contributed by atoms with van der Waals surface area (Å²) in [6.45, 7) is 6.83. The van der Waals surface area contributed by atoms with Gasteiger partial charge in [-0.15, -0.1) is 0 Å². The molecule has 1 aliphatic heterocycles. The van der Waals surface area contributed by atoms with Crippen LogP contribution < -0.4 is 4.74 Å². The van der Waals surface area contributed by atoms with Crippen LogP contribution >= 0.6 is 0 Å². The Bertz CT molecular complexity index is 688. The van der Waals surface area contributed by atoms with E-state index in [4.69, 9.17) is 4.74 Å². The van der Waals surface area contributed by atoms with Gasteiger partial charge in [0.1, 0.15) is 11.3 Å². The van der Waals surface area contributed by atoms with Gasteiger partial charge in [0.15, 0.2) is 0 Å². The van der Waals surface area contributed by atoms with Crippen LogP contribution in [0.25, 0.3) is 0 Å². The lowest BCUT2D eigenvalue weighted by Gasteiger charge is -2.34. The lowest BCUT2D eigenvalue weighted by molar-refractivity contribution is -0.150. The summed E-state index contributed by atoms with van der Waals surface area (Å²) in [6.07, 6.45) is 1.69. The third-order valence-corrected chi connectivity index (χ3v) is 6.21. The van der Waals surface area contributed by atoms with Crippen molar-refractivity contribution in [1.29, 1.82) is 0 Å². The molecule has 3 atom stereocenters. The van der Waals surface area contributed by atoms with Crippen LogP contribution in [0.2, 0.25) is 0 Å². The average Bonchev–Trinajstić information content (AvgIpc) is 2.99. The number of likely N-dealkylation sites (tertiary alicyclic amines) is 1. The van der Waals surface area contributed by atoms with Crippen molar-refractivity contribution in [3.8, 4) is 5.75 Å². The van der Waals surface area contributed by atoms with Gasteiger partial charge < -0.3 is 14.7 Å². The van der Waals surface area contributed by atoms with Crippen molar-refractivity contribution in [3.63, 3.8) is 0 Å². The molecular formula is C22H34N2O4. The van der Waals surface area contributed by atoms with Gasteiger partial charge in [0.05, 0.1) is 13.0 Å². The number of hydrogen-bond donors (Lipinski definition) is 1. The fourth-order valence-electron chi connectivity index (χ4n) is 4.26. The minimum Gasteiger partial charge on any atom is -0.497 e. The van der Waals surface area contributed by atoms with E-state index in [1.807, 2.05) is 50.2 Å². The van der Waals surface area contributed by atoms with Crippen molar-refractivity contribution in [2.75, 3.05) is 27.7 Å². The number of carbonyl (C=O) groups excluding carboxylic acids is 1. The van der Waals surface area contributed by atoms with Crippen molar-refractivity contribution in [1.82, 2.24) is 9.80 Å². The number of likely N-dealkylation sites (N-methyl/N-ethyl adjacent to an activating group) is 1. The van der Waals surface area contributed by atoms with E-state index in [9.17, 15) is 14.7 Å². The molecule has 1 saturated heterocycles. The third kappa shape index (κ3) is 4.17. The largest absolute Gasteiger partial charge is 0.497 e. The summed E-state index contributed by atoms with van der Waals surface area (Å²) in [4.78, 5) is 29.2. The molecular weight excluding hydrogens is 356 g/mol. The summed E-state index contributed by atoms with van der Waals surface area (Å²) >= 11 is 0. The van der Waals surface area contributed by atoms with Crippen molar-refractivity contribution >= 4 is 11.9 Å². The standard InChI is InChI=1S/C22H34N2O4/c1-7-22(21(26)27)14-18(20(25)23(4)13-12-15(2)3)19(24(22)5)16-8-10-17(28-6)11-9-16/h8-11,15,18-19H,7,12-14H2,1-6H3,(H,26,27)/t18-,19-,22-/m1/s1. The third-order valence-electron chi connectivity index (χ3n) is 6.21. The van der Waals surface area contributed by atoms with Crippen molar-refractivity contribution in [2.45, 2.75) is 51.6 Å². The zero-order valence-corrected chi connectivity index (χ0v) is 17.9. The zero-order chi connectivity index (χ0) is 21.1. The Kier molecular flexibility index (Phi) is 7.10. The molecule has 1 amide bonds. The van der Waals surface area contributed by atoms with Crippen LogP contribution in [0, 0.1) is 11.8 Å². The highest BCUT2D eigenvalue weighted by atomic mass is 16.5. The Labute approximate surface area is 168 Å². The lowest BCUT2D eigenvalue weighted by atomic mass is 9.86. The zero-order valence-electron chi connectivity index (χ0n) is 17.9. The van der Waals surface area contributed by atoms with Crippen molar-refractivity contribution in [2.24, 2.45) is 11.8 Å². The Balaban J connectivity index is 2.40. The molecule has 1 heterocycles. The number of methoxy groups -OCH3 is 1. The number of carboxylic acids is 1. The lowest BCUT2D eigenvalue weighted by Crippen LogP contribution is -2.48. The van der Waals surface area contributed by atoms with E-state index in [1.165, 1.54) is 0 Å². The highest BCUT2D eigenvalue weighted by Crippen LogP contribution is 2.48. The minimum absolute atomic E-state index is 0.0184. The molecule has 0 radical (unpaired) electrons. The first kappa shape index (κ1) is 22.2. The topological polar surface area (TPSA) is 70.1 Å². The first-order valence-electron chi connectivity index (χ1n) is 10.0. The Hall–Kier alpha value is -2.08. The maximum absolute atomic E-state index is 13.3. The summed E-state index contributed by atoms with van der Waals surface area (Å²) in [6, 6.07) is 7.31. The van der Waals surface area contributed by atoms with Crippen molar-refractivity contribution < 1.29 is 19.4 Å². The fourth-order valence-corrected chi connectivity index (χ4v) is 4.26. The number of rotatable bonds is 8. The number of carbonyl (C=O) groups is 2. The molecule has 1 fully saturated rings. The normalized spacial score (nSPS) is 25.1. The van der Waals surface area contributed by atoms with E-state index < -0.39 is 17.4 Å². The van der Waals surface area contributed by atoms with Gasteiger partial charge in [-0.1, -0.05) is 32.9 Å². The van der Waals surface area contributed by atoms with Crippen LogP contribution in [0.1, 0.15) is 51.6 Å². The molecule has 6 heteroatoms. The van der Waals surface area contributed by atoms with Crippen LogP contribution in [0.5, 0.6) is 5.75 Å². The molecule has 28 heavy (non-hydrogen) atoms. The molecule has 1 aliphatic rings. The Morgan fingerprint density at radius 3 is 2.39 bits per heavy atom. The van der Waals surface area contributed by atoms with Gasteiger partial charge in [0.25, 0.3) is 0 Å². The number of carboxylic acid groups (broad SMARTS) is 1. The molecule has 156 valence electrons. The van der Waals surface area contributed by atoms with E-state index in [0.717, 1.165) is 17.7 Å². The molecule has 0 spiro atoms. The van der Waals surface area contributed by atoms with Crippen LogP contribution in [0.4, 0.5) is 0 Å². The van der Waals surface area contributed by atoms with E-state index >= 15 is 0 Å². The van der Waals surface area contributed by atoms with Crippen LogP contribution in [0.15, 0.2) is 24.3 Å². The molecule has 0 bridgehead atoms. The van der Waals surface area contributed by atoms with Crippen LogP contribution in [0.3, 0.4) is 0 Å². The highest BCUT2D eigenvalue weighted by molar-refractivity contribution is 5.85. The minimum atomic E-state index is -1.04. The molecule has 6 nitrogen and oxygen atoms in total. The number of nitrogens with zero attached hydrogens (tertiary/aromatic N) is 2. The Morgan fingerprint density at radius 2 is 1.93 bits per heavy atom. The number of ether oxygens (including phenoxy) is 1. The molecule has 1 aromatic carbocycles. The van der Waals surface area contributed by atoms with Gasteiger partial charge in [-0.05, 0) is 49.9 Å². The summed E-state index contributed by atoms with van der Waals surface area (Å²) in [5, 5.41) is 10.0. The van der Waals surface area contributed by atoms with Crippen molar-refractivity contribution in [3.05, 3.63) is 29.8 Å². The smallest absolute Gasteiger partial charge is 0.324 e. The molecule has 1 N–H and O–H groups in total. The predicted molar refractivity (Wildman–Crippen MR) is 109 cm³/mol. The summed E-state index contributed by atoms with van der Waals surface area (Å²) < 4.78 is 5.24. The first-order valence-corrected chi connectivity index (χ1v) is 10.0. The predicted octanol–water partition coefficient (Wildman–Crippen LogP) is 3.43. The highest BCUT2D eigenvalue weighted by Gasteiger charge is 2.56. The first-order chi connectivity index (χ1) is 13.2. The van der Waals surface area contributed by atoms with Gasteiger partial charge in [0.2, 0.25) is 5.91 Å². The number of amides is 1. The molecule has 0 unspecified atom stereocenters.